The predicted molar refractivity (Wildman–Crippen MR) is 114 cm³/mol. The Kier molecular flexibility index (Phi) is 6.61. The number of benzene rings is 1. The van der Waals surface area contributed by atoms with Gasteiger partial charge in [-0.2, -0.15) is 4.31 Å². The maximum atomic E-state index is 13.4. The minimum Gasteiger partial charge on any atom is -0.345 e. The second-order valence-electron chi connectivity index (χ2n) is 7.12. The summed E-state index contributed by atoms with van der Waals surface area (Å²) in [5, 5.41) is 2.90. The molecule has 0 spiro atoms. The molecule has 3 aromatic rings. The molecule has 2 heterocycles. The lowest BCUT2D eigenvalue weighted by atomic mass is 10.1. The van der Waals surface area contributed by atoms with Crippen LogP contribution in [0.1, 0.15) is 41.8 Å². The third kappa shape index (κ3) is 4.54. The summed E-state index contributed by atoms with van der Waals surface area (Å²) in [7, 11) is -0.288. The van der Waals surface area contributed by atoms with Gasteiger partial charge in [-0.3, -0.25) is 4.79 Å². The molecule has 1 unspecified atom stereocenters. The maximum Gasteiger partial charge on any atom is 0.268 e. The van der Waals surface area contributed by atoms with E-state index in [4.69, 9.17) is 0 Å². The van der Waals surface area contributed by atoms with Crippen LogP contribution >= 0.6 is 0 Å². The first kappa shape index (κ1) is 22.7. The topological polar surface area (TPSA) is 89.2 Å². The van der Waals surface area contributed by atoms with E-state index in [9.17, 15) is 17.6 Å². The molecule has 0 aliphatic heterocycles. The third-order valence-corrected chi connectivity index (χ3v) is 7.17. The van der Waals surface area contributed by atoms with Gasteiger partial charge in [0.1, 0.15) is 28.3 Å². The van der Waals surface area contributed by atoms with Crippen molar-refractivity contribution in [2.75, 3.05) is 13.1 Å². The highest BCUT2D eigenvalue weighted by Gasteiger charge is 2.27. The molecule has 0 bridgehead atoms. The van der Waals surface area contributed by atoms with Gasteiger partial charge < -0.3 is 14.5 Å². The van der Waals surface area contributed by atoms with Crippen LogP contribution in [0.5, 0.6) is 0 Å². The van der Waals surface area contributed by atoms with Crippen molar-refractivity contribution in [1.82, 2.24) is 23.7 Å². The zero-order valence-corrected chi connectivity index (χ0v) is 18.7. The first-order valence-electron chi connectivity index (χ1n) is 9.89. The number of amides is 1. The van der Waals surface area contributed by atoms with E-state index in [-0.39, 0.29) is 16.4 Å². The summed E-state index contributed by atoms with van der Waals surface area (Å²) in [5.74, 6) is -0.298. The molecule has 1 aromatic carbocycles. The summed E-state index contributed by atoms with van der Waals surface area (Å²) in [5.41, 5.74) is 0.835. The number of rotatable bonds is 8. The Bertz CT molecular complexity index is 1160. The SMILES string of the molecule is CCN(CC)S(=O)(=O)c1cc(C(=O)NC(c2ccc(F)cc2)c2nccn2C)n(C)c1. The van der Waals surface area contributed by atoms with Crippen molar-refractivity contribution in [2.24, 2.45) is 14.1 Å². The fourth-order valence-corrected chi connectivity index (χ4v) is 4.96. The van der Waals surface area contributed by atoms with Crippen molar-refractivity contribution in [3.05, 3.63) is 71.8 Å². The second-order valence-corrected chi connectivity index (χ2v) is 9.05. The van der Waals surface area contributed by atoms with E-state index in [1.54, 1.807) is 57.0 Å². The molecule has 1 atom stereocenters. The number of hydrogen-bond donors (Lipinski definition) is 1. The molecule has 10 heteroatoms. The Morgan fingerprint density at radius 1 is 1.16 bits per heavy atom. The number of nitrogens with one attached hydrogen (secondary N) is 1. The van der Waals surface area contributed by atoms with Gasteiger partial charge in [0.2, 0.25) is 10.0 Å². The first-order chi connectivity index (χ1) is 14.7. The molecule has 0 saturated carbocycles. The van der Waals surface area contributed by atoms with Gasteiger partial charge in [-0.05, 0) is 23.8 Å². The summed E-state index contributed by atoms with van der Waals surface area (Å²) in [6.45, 7) is 4.19. The Hall–Kier alpha value is -2.98. The van der Waals surface area contributed by atoms with Crippen LogP contribution in [0.15, 0.2) is 53.8 Å². The number of halogens is 1. The predicted octanol–water partition coefficient (Wildman–Crippen LogP) is 2.45. The Balaban J connectivity index is 1.95. The van der Waals surface area contributed by atoms with Crippen LogP contribution in [0, 0.1) is 5.82 Å². The summed E-state index contributed by atoms with van der Waals surface area (Å²) < 4.78 is 43.6. The van der Waals surface area contributed by atoms with E-state index < -0.39 is 22.0 Å². The van der Waals surface area contributed by atoms with Crippen LogP contribution in [-0.4, -0.2) is 45.8 Å². The molecule has 3 rings (SSSR count). The van der Waals surface area contributed by atoms with E-state index in [1.807, 2.05) is 0 Å². The Labute approximate surface area is 181 Å². The van der Waals surface area contributed by atoms with Crippen LogP contribution in [0.4, 0.5) is 4.39 Å². The molecule has 1 N–H and O–H groups in total. The van der Waals surface area contributed by atoms with Gasteiger partial charge >= 0.3 is 0 Å². The minimum atomic E-state index is -3.70. The average molecular weight is 448 g/mol. The summed E-state index contributed by atoms with van der Waals surface area (Å²) in [6, 6.07) is 6.50. The van der Waals surface area contributed by atoms with Crippen LogP contribution < -0.4 is 5.32 Å². The van der Waals surface area contributed by atoms with Crippen molar-refractivity contribution in [3.63, 3.8) is 0 Å². The quantitative estimate of drug-likeness (QED) is 0.574. The van der Waals surface area contributed by atoms with E-state index in [0.29, 0.717) is 24.5 Å². The number of aryl methyl sites for hydroxylation is 2. The Morgan fingerprint density at radius 2 is 1.81 bits per heavy atom. The van der Waals surface area contributed by atoms with Crippen molar-refractivity contribution in [2.45, 2.75) is 24.8 Å². The molecule has 1 amide bonds. The highest BCUT2D eigenvalue weighted by molar-refractivity contribution is 7.89. The molecule has 0 fully saturated rings. The van der Waals surface area contributed by atoms with Crippen LogP contribution in [0.2, 0.25) is 0 Å². The van der Waals surface area contributed by atoms with Crippen molar-refractivity contribution >= 4 is 15.9 Å². The standard InChI is InChI=1S/C21H26FN5O3S/c1-5-27(6-2)31(29,30)17-13-18(26(4)14-17)21(28)24-19(20-23-11-12-25(20)3)15-7-9-16(22)10-8-15/h7-14,19H,5-6H2,1-4H3,(H,24,28). The minimum absolute atomic E-state index is 0.0548. The number of imidazole rings is 1. The summed E-state index contributed by atoms with van der Waals surface area (Å²) >= 11 is 0. The second kappa shape index (κ2) is 9.03. The average Bonchev–Trinajstić information content (AvgIpc) is 3.33. The molecule has 0 aliphatic carbocycles. The zero-order valence-electron chi connectivity index (χ0n) is 17.9. The maximum absolute atomic E-state index is 13.4. The lowest BCUT2D eigenvalue weighted by Gasteiger charge is -2.19. The van der Waals surface area contributed by atoms with Gasteiger partial charge in [-0.25, -0.2) is 17.8 Å². The number of carbonyl (C=O) groups excluding carboxylic acids is 1. The van der Waals surface area contributed by atoms with Gasteiger partial charge in [-0.15, -0.1) is 0 Å². The molecular weight excluding hydrogens is 421 g/mol. The molecule has 0 aliphatic rings. The van der Waals surface area contributed by atoms with Gasteiger partial charge in [0.05, 0.1) is 0 Å². The normalized spacial score (nSPS) is 12.8. The zero-order chi connectivity index (χ0) is 22.8. The molecule has 166 valence electrons. The summed E-state index contributed by atoms with van der Waals surface area (Å²) in [4.78, 5) is 17.5. The summed E-state index contributed by atoms with van der Waals surface area (Å²) in [6.07, 6.45) is 4.78. The van der Waals surface area contributed by atoms with Crippen LogP contribution in [-0.2, 0) is 24.1 Å². The van der Waals surface area contributed by atoms with Crippen molar-refractivity contribution in [1.29, 1.82) is 0 Å². The fourth-order valence-electron chi connectivity index (χ4n) is 3.43. The van der Waals surface area contributed by atoms with Gasteiger partial charge in [0, 0.05) is 45.8 Å². The smallest absolute Gasteiger partial charge is 0.268 e. The van der Waals surface area contributed by atoms with E-state index in [2.05, 4.69) is 10.3 Å². The largest absolute Gasteiger partial charge is 0.345 e. The van der Waals surface area contributed by atoms with E-state index >= 15 is 0 Å². The molecular formula is C21H26FN5O3S. The number of sulfonamides is 1. The van der Waals surface area contributed by atoms with E-state index in [0.717, 1.165) is 0 Å². The van der Waals surface area contributed by atoms with Crippen molar-refractivity contribution < 1.29 is 17.6 Å². The van der Waals surface area contributed by atoms with Gasteiger partial charge in [0.25, 0.3) is 5.91 Å². The Morgan fingerprint density at radius 3 is 2.35 bits per heavy atom. The van der Waals surface area contributed by atoms with Gasteiger partial charge in [-0.1, -0.05) is 26.0 Å². The van der Waals surface area contributed by atoms with E-state index in [1.165, 1.54) is 33.3 Å². The highest BCUT2D eigenvalue weighted by atomic mass is 32.2. The molecule has 31 heavy (non-hydrogen) atoms. The number of aromatic nitrogens is 3. The first-order valence-corrected chi connectivity index (χ1v) is 11.3. The molecule has 8 nitrogen and oxygen atoms in total. The lowest BCUT2D eigenvalue weighted by molar-refractivity contribution is 0.0933. The lowest BCUT2D eigenvalue weighted by Crippen LogP contribution is -2.32. The molecule has 0 saturated heterocycles. The van der Waals surface area contributed by atoms with Crippen LogP contribution in [0.25, 0.3) is 0 Å². The molecule has 2 aromatic heterocycles. The van der Waals surface area contributed by atoms with Crippen LogP contribution in [0.3, 0.4) is 0 Å². The number of carbonyl (C=O) groups is 1. The van der Waals surface area contributed by atoms with Gasteiger partial charge in [0.15, 0.2) is 0 Å². The highest BCUT2D eigenvalue weighted by Crippen LogP contribution is 2.23. The van der Waals surface area contributed by atoms with Crippen molar-refractivity contribution in [3.8, 4) is 0 Å². The monoisotopic (exact) mass is 447 g/mol. The fraction of sp³-hybridized carbons (Fsp3) is 0.333. The molecule has 0 radical (unpaired) electrons. The third-order valence-electron chi connectivity index (χ3n) is 5.15. The number of nitrogens with zero attached hydrogens (tertiary/aromatic N) is 4. The number of hydrogen-bond acceptors (Lipinski definition) is 4.